The van der Waals surface area contributed by atoms with E-state index in [-0.39, 0.29) is 16.8 Å². The highest BCUT2D eigenvalue weighted by Gasteiger charge is 2.43. The zero-order chi connectivity index (χ0) is 22.0. The van der Waals surface area contributed by atoms with Crippen molar-refractivity contribution >= 4 is 15.9 Å². The van der Waals surface area contributed by atoms with Gasteiger partial charge in [-0.15, -0.1) is 0 Å². The average Bonchev–Trinajstić information content (AvgIpc) is 3.43. The van der Waals surface area contributed by atoms with Crippen LogP contribution in [0, 0.1) is 17.2 Å². The number of hydrogen-bond donors (Lipinski definition) is 3. The predicted molar refractivity (Wildman–Crippen MR) is 117 cm³/mol. The lowest BCUT2D eigenvalue weighted by Crippen LogP contribution is -2.50. The minimum absolute atomic E-state index is 0.0769. The summed E-state index contributed by atoms with van der Waals surface area (Å²) in [5.41, 5.74) is 2.79. The lowest BCUT2D eigenvalue weighted by molar-refractivity contribution is -0.124. The normalized spacial score (nSPS) is 23.3. The summed E-state index contributed by atoms with van der Waals surface area (Å²) in [5, 5.41) is 15.8. The summed E-state index contributed by atoms with van der Waals surface area (Å²) in [5.74, 6) is 0.310. The molecular weight excluding hydrogens is 412 g/mol. The van der Waals surface area contributed by atoms with Crippen molar-refractivity contribution in [1.29, 1.82) is 5.26 Å². The van der Waals surface area contributed by atoms with Crippen LogP contribution in [0.2, 0.25) is 0 Å². The first-order valence-electron chi connectivity index (χ1n) is 10.5. The summed E-state index contributed by atoms with van der Waals surface area (Å²) in [6.07, 6.45) is 3.70. The number of fused-ring (bicyclic) bond motifs is 2. The van der Waals surface area contributed by atoms with E-state index < -0.39 is 16.1 Å². The fourth-order valence-corrected chi connectivity index (χ4v) is 5.28. The molecule has 8 heteroatoms. The SMILES string of the molecule is CNS(=O)(=O)c1ccc(-c2ccc(C[C@@H](C#N)NC(=O)C3N[C@@H]4CC[C@H]3C4)cc2)cc1. The van der Waals surface area contributed by atoms with Crippen LogP contribution in [0.25, 0.3) is 11.1 Å². The van der Waals surface area contributed by atoms with Gasteiger partial charge in [0.2, 0.25) is 15.9 Å². The maximum absolute atomic E-state index is 12.6. The van der Waals surface area contributed by atoms with Gasteiger partial charge in [0.05, 0.1) is 17.0 Å². The van der Waals surface area contributed by atoms with Gasteiger partial charge in [-0.25, -0.2) is 13.1 Å². The Morgan fingerprint density at radius 3 is 2.29 bits per heavy atom. The smallest absolute Gasteiger partial charge is 0.240 e. The molecule has 1 saturated heterocycles. The van der Waals surface area contributed by atoms with Gasteiger partial charge in [0.1, 0.15) is 6.04 Å². The van der Waals surface area contributed by atoms with Crippen LogP contribution in [-0.2, 0) is 21.2 Å². The molecule has 4 rings (SSSR count). The molecule has 7 nitrogen and oxygen atoms in total. The molecule has 2 aromatic carbocycles. The number of amides is 1. The number of rotatable bonds is 7. The van der Waals surface area contributed by atoms with Crippen molar-refractivity contribution in [3.8, 4) is 17.2 Å². The van der Waals surface area contributed by atoms with E-state index in [0.29, 0.717) is 18.4 Å². The van der Waals surface area contributed by atoms with Crippen LogP contribution >= 0.6 is 0 Å². The Bertz CT molecular complexity index is 1090. The Balaban J connectivity index is 1.38. The molecule has 0 aromatic heterocycles. The third-order valence-electron chi connectivity index (χ3n) is 6.28. The molecule has 0 spiro atoms. The number of benzene rings is 2. The van der Waals surface area contributed by atoms with Gasteiger partial charge in [0, 0.05) is 12.5 Å². The average molecular weight is 439 g/mol. The van der Waals surface area contributed by atoms with Crippen LogP contribution in [0.3, 0.4) is 0 Å². The fraction of sp³-hybridized carbons (Fsp3) is 0.391. The third-order valence-corrected chi connectivity index (χ3v) is 7.71. The zero-order valence-electron chi connectivity index (χ0n) is 17.3. The van der Waals surface area contributed by atoms with E-state index in [0.717, 1.165) is 36.0 Å². The molecule has 2 bridgehead atoms. The molecular formula is C23H26N4O3S. The molecule has 1 saturated carbocycles. The molecule has 31 heavy (non-hydrogen) atoms. The molecule has 2 aromatic rings. The van der Waals surface area contributed by atoms with Gasteiger partial charge in [-0.2, -0.15) is 5.26 Å². The van der Waals surface area contributed by atoms with Crippen molar-refractivity contribution in [2.75, 3.05) is 7.05 Å². The van der Waals surface area contributed by atoms with Gasteiger partial charge in [0.15, 0.2) is 0 Å². The van der Waals surface area contributed by atoms with Gasteiger partial charge in [-0.05, 0) is 61.1 Å². The zero-order valence-corrected chi connectivity index (χ0v) is 18.2. The number of hydrogen-bond acceptors (Lipinski definition) is 5. The number of nitrogens with one attached hydrogen (secondary N) is 3. The lowest BCUT2D eigenvalue weighted by atomic mass is 9.98. The van der Waals surface area contributed by atoms with E-state index in [4.69, 9.17) is 0 Å². The molecule has 1 aliphatic carbocycles. The Morgan fingerprint density at radius 1 is 1.13 bits per heavy atom. The molecule has 1 amide bonds. The molecule has 1 unspecified atom stereocenters. The summed E-state index contributed by atoms with van der Waals surface area (Å²) in [7, 11) is -2.08. The van der Waals surface area contributed by atoms with E-state index in [1.165, 1.54) is 7.05 Å². The van der Waals surface area contributed by atoms with Crippen molar-refractivity contribution in [3.63, 3.8) is 0 Å². The Hall–Kier alpha value is -2.73. The number of sulfonamides is 1. The Morgan fingerprint density at radius 2 is 1.77 bits per heavy atom. The second-order valence-corrected chi connectivity index (χ2v) is 10.1. The van der Waals surface area contributed by atoms with E-state index in [1.807, 2.05) is 24.3 Å². The highest BCUT2D eigenvalue weighted by molar-refractivity contribution is 7.89. The van der Waals surface area contributed by atoms with Gasteiger partial charge in [-0.1, -0.05) is 36.4 Å². The maximum atomic E-state index is 12.6. The lowest BCUT2D eigenvalue weighted by Gasteiger charge is -2.23. The number of carbonyl (C=O) groups is 1. The summed E-state index contributed by atoms with van der Waals surface area (Å²) < 4.78 is 26.0. The minimum Gasteiger partial charge on any atom is -0.339 e. The van der Waals surface area contributed by atoms with E-state index >= 15 is 0 Å². The molecule has 4 atom stereocenters. The van der Waals surface area contributed by atoms with Crippen molar-refractivity contribution < 1.29 is 13.2 Å². The summed E-state index contributed by atoms with van der Waals surface area (Å²) >= 11 is 0. The highest BCUT2D eigenvalue weighted by Crippen LogP contribution is 2.35. The summed E-state index contributed by atoms with van der Waals surface area (Å²) in [6, 6.07) is 16.3. The van der Waals surface area contributed by atoms with Gasteiger partial charge < -0.3 is 10.6 Å². The van der Waals surface area contributed by atoms with Crippen LogP contribution in [0.5, 0.6) is 0 Å². The van der Waals surface area contributed by atoms with Crippen LogP contribution in [-0.4, -0.2) is 39.5 Å². The van der Waals surface area contributed by atoms with Crippen LogP contribution in [0.4, 0.5) is 0 Å². The molecule has 1 heterocycles. The third kappa shape index (κ3) is 4.64. The standard InChI is InChI=1S/C23H26N4O3S/c1-25-31(29,30)21-10-7-17(8-11-21)16-4-2-15(3-5-16)12-20(14-24)27-23(28)22-18-6-9-19(13-18)26-22/h2-5,7-8,10-11,18-20,22,25-26H,6,9,12-13H2,1H3,(H,27,28)/t18-,19+,20-,22?/m0/s1. The summed E-state index contributed by atoms with van der Waals surface area (Å²) in [4.78, 5) is 12.8. The van der Waals surface area contributed by atoms with Crippen LogP contribution < -0.4 is 15.4 Å². The summed E-state index contributed by atoms with van der Waals surface area (Å²) in [6.45, 7) is 0. The number of nitriles is 1. The first kappa shape index (κ1) is 21.5. The Labute approximate surface area is 182 Å². The Kier molecular flexibility index (Phi) is 6.10. The van der Waals surface area contributed by atoms with Crippen LogP contribution in [0.15, 0.2) is 53.4 Å². The van der Waals surface area contributed by atoms with E-state index in [1.54, 1.807) is 24.3 Å². The van der Waals surface area contributed by atoms with Crippen LogP contribution in [0.1, 0.15) is 24.8 Å². The predicted octanol–water partition coefficient (Wildman–Crippen LogP) is 1.95. The first-order valence-corrected chi connectivity index (χ1v) is 12.0. The first-order chi connectivity index (χ1) is 14.9. The topological polar surface area (TPSA) is 111 Å². The van der Waals surface area contributed by atoms with Gasteiger partial charge in [0.25, 0.3) is 0 Å². The molecule has 2 fully saturated rings. The molecule has 0 radical (unpaired) electrons. The van der Waals surface area contributed by atoms with Gasteiger partial charge in [-0.3, -0.25) is 4.79 Å². The second kappa shape index (κ2) is 8.79. The van der Waals surface area contributed by atoms with Gasteiger partial charge >= 0.3 is 0 Å². The largest absolute Gasteiger partial charge is 0.339 e. The van der Waals surface area contributed by atoms with Crippen molar-refractivity contribution in [2.45, 2.75) is 48.7 Å². The highest BCUT2D eigenvalue weighted by atomic mass is 32.2. The molecule has 162 valence electrons. The monoisotopic (exact) mass is 438 g/mol. The molecule has 3 N–H and O–H groups in total. The quantitative estimate of drug-likeness (QED) is 0.612. The van der Waals surface area contributed by atoms with E-state index in [2.05, 4.69) is 21.4 Å². The van der Waals surface area contributed by atoms with Crippen molar-refractivity contribution in [2.24, 2.45) is 5.92 Å². The van der Waals surface area contributed by atoms with E-state index in [9.17, 15) is 18.5 Å². The second-order valence-electron chi connectivity index (χ2n) is 8.24. The van der Waals surface area contributed by atoms with Crippen molar-refractivity contribution in [1.82, 2.24) is 15.4 Å². The molecule has 2 aliphatic rings. The number of piperidine rings is 1. The number of carbonyl (C=O) groups excluding carboxylic acids is 1. The fourth-order valence-electron chi connectivity index (χ4n) is 4.55. The molecule has 1 aliphatic heterocycles. The number of nitrogens with zero attached hydrogens (tertiary/aromatic N) is 1. The maximum Gasteiger partial charge on any atom is 0.240 e. The van der Waals surface area contributed by atoms with Crippen molar-refractivity contribution in [3.05, 3.63) is 54.1 Å². The minimum atomic E-state index is -3.46.